The molecule has 0 saturated carbocycles. The fourth-order valence-corrected chi connectivity index (χ4v) is 2.67. The van der Waals surface area contributed by atoms with Gasteiger partial charge in [0.15, 0.2) is 0 Å². The third-order valence-electron chi connectivity index (χ3n) is 3.74. The molecule has 0 amide bonds. The smallest absolute Gasteiger partial charge is 0.135 e. The molecule has 0 atom stereocenters. The molecule has 124 valence electrons. The molecule has 1 heterocycles. The minimum absolute atomic E-state index is 0.0350. The maximum Gasteiger partial charge on any atom is 0.135 e. The number of nitrogens with zero attached hydrogens (tertiary/aromatic N) is 3. The fourth-order valence-electron chi connectivity index (χ4n) is 2.67. The van der Waals surface area contributed by atoms with Crippen LogP contribution in [-0.2, 0) is 6.54 Å². The van der Waals surface area contributed by atoms with Gasteiger partial charge in [0, 0.05) is 29.1 Å². The zero-order valence-electron chi connectivity index (χ0n) is 13.4. The number of fused-ring (bicyclic) bond motifs is 1. The van der Waals surface area contributed by atoms with Crippen molar-refractivity contribution in [2.45, 2.75) is 20.4 Å². The van der Waals surface area contributed by atoms with Crippen molar-refractivity contribution in [1.82, 2.24) is 9.78 Å². The van der Waals surface area contributed by atoms with E-state index in [9.17, 15) is 14.0 Å². The number of aromatic nitrogens is 2. The van der Waals surface area contributed by atoms with Crippen molar-refractivity contribution in [2.75, 3.05) is 0 Å². The van der Waals surface area contributed by atoms with Gasteiger partial charge in [0.05, 0.1) is 11.7 Å². The summed E-state index contributed by atoms with van der Waals surface area (Å²) in [6.45, 7) is 5.00. The van der Waals surface area contributed by atoms with Crippen LogP contribution in [0.3, 0.4) is 0 Å². The van der Waals surface area contributed by atoms with E-state index in [-0.39, 0.29) is 11.3 Å². The third-order valence-corrected chi connectivity index (χ3v) is 3.74. The number of halogens is 2. The van der Waals surface area contributed by atoms with Crippen LogP contribution in [0.2, 0.25) is 0 Å². The standard InChI is InChI=1S/C18H17F2N3O/c1-11(2)10-23-17-6-3-12(7-13(17)9-21-23)18(22-24)15-5-4-14(19)8-16(15)20/h3-9,11,24H,10H2,1-2H3/b22-18+. The summed E-state index contributed by atoms with van der Waals surface area (Å²) < 4.78 is 29.0. The van der Waals surface area contributed by atoms with Gasteiger partial charge in [0.2, 0.25) is 0 Å². The molecule has 0 bridgehead atoms. The van der Waals surface area contributed by atoms with Gasteiger partial charge in [-0.25, -0.2) is 8.78 Å². The van der Waals surface area contributed by atoms with E-state index in [0.717, 1.165) is 29.6 Å². The van der Waals surface area contributed by atoms with Crippen LogP contribution in [-0.4, -0.2) is 20.7 Å². The van der Waals surface area contributed by atoms with Crippen LogP contribution in [0.4, 0.5) is 8.78 Å². The summed E-state index contributed by atoms with van der Waals surface area (Å²) in [5.74, 6) is -1.01. The van der Waals surface area contributed by atoms with E-state index in [1.54, 1.807) is 18.3 Å². The van der Waals surface area contributed by atoms with Crippen LogP contribution >= 0.6 is 0 Å². The summed E-state index contributed by atoms with van der Waals surface area (Å²) >= 11 is 0. The first-order valence-electron chi connectivity index (χ1n) is 7.63. The third kappa shape index (κ3) is 2.99. The number of oxime groups is 1. The lowest BCUT2D eigenvalue weighted by atomic mass is 10.0. The van der Waals surface area contributed by atoms with E-state index in [0.29, 0.717) is 11.5 Å². The largest absolute Gasteiger partial charge is 0.410 e. The van der Waals surface area contributed by atoms with E-state index in [1.165, 1.54) is 6.07 Å². The SMILES string of the molecule is CC(C)Cn1ncc2cc(/C(=N\O)c3ccc(F)cc3F)ccc21. The summed E-state index contributed by atoms with van der Waals surface area (Å²) in [5.41, 5.74) is 1.56. The predicted octanol–water partition coefficient (Wildman–Crippen LogP) is 4.20. The lowest BCUT2D eigenvalue weighted by Gasteiger charge is -2.09. The van der Waals surface area contributed by atoms with Crippen molar-refractivity contribution in [3.05, 3.63) is 65.4 Å². The Balaban J connectivity index is 2.04. The Morgan fingerprint density at radius 3 is 2.67 bits per heavy atom. The molecule has 1 N–H and O–H groups in total. The quantitative estimate of drug-likeness (QED) is 0.443. The maximum absolute atomic E-state index is 14.0. The van der Waals surface area contributed by atoms with Gasteiger partial charge in [-0.05, 0) is 30.2 Å². The topological polar surface area (TPSA) is 50.4 Å². The molecule has 1 aromatic heterocycles. The Hall–Kier alpha value is -2.76. The molecular formula is C18H17F2N3O. The minimum atomic E-state index is -0.779. The van der Waals surface area contributed by atoms with Crippen molar-refractivity contribution >= 4 is 16.6 Å². The minimum Gasteiger partial charge on any atom is -0.410 e. The molecule has 24 heavy (non-hydrogen) atoms. The maximum atomic E-state index is 14.0. The van der Waals surface area contributed by atoms with Gasteiger partial charge in [0.1, 0.15) is 17.3 Å². The second kappa shape index (κ2) is 6.39. The molecule has 0 aliphatic heterocycles. The highest BCUT2D eigenvalue weighted by atomic mass is 19.1. The van der Waals surface area contributed by atoms with Crippen LogP contribution in [0.5, 0.6) is 0 Å². The van der Waals surface area contributed by atoms with E-state index < -0.39 is 11.6 Å². The molecule has 2 aromatic carbocycles. The Morgan fingerprint density at radius 2 is 2.00 bits per heavy atom. The molecule has 3 aromatic rings. The Kier molecular flexibility index (Phi) is 4.29. The van der Waals surface area contributed by atoms with Crippen LogP contribution < -0.4 is 0 Å². The lowest BCUT2D eigenvalue weighted by molar-refractivity contribution is 0.319. The van der Waals surface area contributed by atoms with Crippen LogP contribution in [0.25, 0.3) is 10.9 Å². The summed E-state index contributed by atoms with van der Waals surface area (Å²) in [6, 6.07) is 8.51. The van der Waals surface area contributed by atoms with E-state index >= 15 is 0 Å². The van der Waals surface area contributed by atoms with Gasteiger partial charge in [-0.3, -0.25) is 4.68 Å². The van der Waals surface area contributed by atoms with Gasteiger partial charge in [-0.1, -0.05) is 25.1 Å². The summed E-state index contributed by atoms with van der Waals surface area (Å²) in [6.07, 6.45) is 1.72. The van der Waals surface area contributed by atoms with Gasteiger partial charge < -0.3 is 5.21 Å². The highest BCUT2D eigenvalue weighted by Crippen LogP contribution is 2.21. The van der Waals surface area contributed by atoms with E-state index in [2.05, 4.69) is 24.1 Å². The normalized spacial score (nSPS) is 12.3. The molecule has 6 heteroatoms. The molecule has 3 rings (SSSR count). The van der Waals surface area contributed by atoms with Crippen molar-refractivity contribution in [3.63, 3.8) is 0 Å². The van der Waals surface area contributed by atoms with Crippen LogP contribution in [0.15, 0.2) is 47.8 Å². The van der Waals surface area contributed by atoms with E-state index in [1.807, 2.05) is 10.7 Å². The van der Waals surface area contributed by atoms with Gasteiger partial charge in [-0.2, -0.15) is 5.10 Å². The number of hydrogen-bond acceptors (Lipinski definition) is 3. The molecule has 0 aliphatic carbocycles. The Labute approximate surface area is 138 Å². The van der Waals surface area contributed by atoms with Crippen LogP contribution in [0.1, 0.15) is 25.0 Å². The summed E-state index contributed by atoms with van der Waals surface area (Å²) in [5, 5.41) is 17.8. The predicted molar refractivity (Wildman–Crippen MR) is 88.4 cm³/mol. The molecule has 0 fully saturated rings. The average Bonchev–Trinajstić information content (AvgIpc) is 2.92. The zero-order valence-corrected chi connectivity index (χ0v) is 13.4. The van der Waals surface area contributed by atoms with E-state index in [4.69, 9.17) is 0 Å². The molecule has 0 saturated heterocycles. The summed E-state index contributed by atoms with van der Waals surface area (Å²) in [4.78, 5) is 0. The second-order valence-corrected chi connectivity index (χ2v) is 6.07. The van der Waals surface area contributed by atoms with Gasteiger partial charge in [-0.15, -0.1) is 0 Å². The fraction of sp³-hybridized carbons (Fsp3) is 0.222. The first-order valence-corrected chi connectivity index (χ1v) is 7.63. The molecular weight excluding hydrogens is 312 g/mol. The Morgan fingerprint density at radius 1 is 1.21 bits per heavy atom. The second-order valence-electron chi connectivity index (χ2n) is 6.07. The first kappa shape index (κ1) is 16.1. The lowest BCUT2D eigenvalue weighted by Crippen LogP contribution is -2.07. The van der Waals surface area contributed by atoms with Crippen molar-refractivity contribution in [3.8, 4) is 0 Å². The number of hydrogen-bond donors (Lipinski definition) is 1. The summed E-state index contributed by atoms with van der Waals surface area (Å²) in [7, 11) is 0. The van der Waals surface area contributed by atoms with Gasteiger partial charge in [0.25, 0.3) is 0 Å². The number of benzene rings is 2. The van der Waals surface area contributed by atoms with Gasteiger partial charge >= 0.3 is 0 Å². The molecule has 0 aliphatic rings. The number of rotatable bonds is 4. The highest BCUT2D eigenvalue weighted by Gasteiger charge is 2.15. The first-order chi connectivity index (χ1) is 11.5. The van der Waals surface area contributed by atoms with Crippen molar-refractivity contribution < 1.29 is 14.0 Å². The molecule has 0 radical (unpaired) electrons. The zero-order chi connectivity index (χ0) is 17.3. The van der Waals surface area contributed by atoms with Crippen molar-refractivity contribution in [1.29, 1.82) is 0 Å². The molecule has 0 unspecified atom stereocenters. The highest BCUT2D eigenvalue weighted by molar-refractivity contribution is 6.13. The Bertz CT molecular complexity index is 916. The van der Waals surface area contributed by atoms with Crippen molar-refractivity contribution in [2.24, 2.45) is 11.1 Å². The monoisotopic (exact) mass is 329 g/mol. The average molecular weight is 329 g/mol. The molecule has 4 nitrogen and oxygen atoms in total. The van der Waals surface area contributed by atoms with Crippen LogP contribution in [0, 0.1) is 17.6 Å². The molecule has 0 spiro atoms.